The van der Waals surface area contributed by atoms with E-state index >= 15 is 0 Å². The van der Waals surface area contributed by atoms with Crippen molar-refractivity contribution in [3.63, 3.8) is 0 Å². The summed E-state index contributed by atoms with van der Waals surface area (Å²) >= 11 is 3.33. The van der Waals surface area contributed by atoms with Crippen LogP contribution >= 0.6 is 15.9 Å². The Bertz CT molecular complexity index is 463. The standard InChI is InChI=1S/C14H19BrN2O2/c1-10(18)17(14(2,3)4)9-13(19)16-12-7-5-11(15)6-8-12/h5-8H,9H2,1-4H3,(H,16,19). The molecule has 0 radical (unpaired) electrons. The lowest BCUT2D eigenvalue weighted by Crippen LogP contribution is -2.48. The Labute approximate surface area is 122 Å². The summed E-state index contributed by atoms with van der Waals surface area (Å²) in [7, 11) is 0. The summed E-state index contributed by atoms with van der Waals surface area (Å²) in [5.74, 6) is -0.314. The van der Waals surface area contributed by atoms with Crippen LogP contribution in [-0.2, 0) is 9.59 Å². The number of amides is 2. The van der Waals surface area contributed by atoms with Gasteiger partial charge in [-0.3, -0.25) is 9.59 Å². The van der Waals surface area contributed by atoms with Gasteiger partial charge in [0.25, 0.3) is 0 Å². The minimum absolute atomic E-state index is 0.0505. The summed E-state index contributed by atoms with van der Waals surface area (Å²) in [5.41, 5.74) is 0.341. The maximum absolute atomic E-state index is 11.9. The van der Waals surface area contributed by atoms with Crippen molar-refractivity contribution in [3.8, 4) is 0 Å². The van der Waals surface area contributed by atoms with Gasteiger partial charge in [0.05, 0.1) is 0 Å². The first kappa shape index (κ1) is 15.7. The zero-order chi connectivity index (χ0) is 14.6. The van der Waals surface area contributed by atoms with E-state index in [-0.39, 0.29) is 23.9 Å². The Morgan fingerprint density at radius 2 is 1.74 bits per heavy atom. The monoisotopic (exact) mass is 326 g/mol. The molecule has 0 fully saturated rings. The van der Waals surface area contributed by atoms with Gasteiger partial charge in [-0.1, -0.05) is 15.9 Å². The second-order valence-corrected chi connectivity index (χ2v) is 6.25. The number of benzene rings is 1. The Balaban J connectivity index is 2.68. The van der Waals surface area contributed by atoms with E-state index in [0.29, 0.717) is 5.69 Å². The fourth-order valence-electron chi connectivity index (χ4n) is 1.70. The zero-order valence-electron chi connectivity index (χ0n) is 11.7. The Morgan fingerprint density at radius 1 is 1.21 bits per heavy atom. The minimum atomic E-state index is -0.372. The lowest BCUT2D eigenvalue weighted by atomic mass is 10.1. The number of rotatable bonds is 3. The van der Waals surface area contributed by atoms with Gasteiger partial charge in [0.2, 0.25) is 11.8 Å². The van der Waals surface area contributed by atoms with Crippen LogP contribution in [0.4, 0.5) is 5.69 Å². The molecule has 104 valence electrons. The molecule has 5 heteroatoms. The highest BCUT2D eigenvalue weighted by molar-refractivity contribution is 9.10. The highest BCUT2D eigenvalue weighted by Gasteiger charge is 2.25. The molecule has 2 amide bonds. The molecule has 1 aromatic carbocycles. The Morgan fingerprint density at radius 3 is 2.16 bits per heavy atom. The number of hydrogen-bond donors (Lipinski definition) is 1. The highest BCUT2D eigenvalue weighted by Crippen LogP contribution is 2.16. The van der Waals surface area contributed by atoms with Crippen LogP contribution in [0.1, 0.15) is 27.7 Å². The van der Waals surface area contributed by atoms with E-state index in [4.69, 9.17) is 0 Å². The summed E-state index contributed by atoms with van der Waals surface area (Å²) in [6.07, 6.45) is 0. The smallest absolute Gasteiger partial charge is 0.244 e. The summed E-state index contributed by atoms with van der Waals surface area (Å²) in [4.78, 5) is 25.0. The molecule has 0 saturated heterocycles. The van der Waals surface area contributed by atoms with Crippen LogP contribution in [-0.4, -0.2) is 28.8 Å². The first-order valence-electron chi connectivity index (χ1n) is 6.04. The number of hydrogen-bond acceptors (Lipinski definition) is 2. The van der Waals surface area contributed by atoms with Gasteiger partial charge in [-0.15, -0.1) is 0 Å². The zero-order valence-corrected chi connectivity index (χ0v) is 13.2. The van der Waals surface area contributed by atoms with Crippen LogP contribution in [0.15, 0.2) is 28.7 Å². The summed E-state index contributed by atoms with van der Waals surface area (Å²) in [6.45, 7) is 7.23. The summed E-state index contributed by atoms with van der Waals surface area (Å²) in [5, 5.41) is 2.77. The predicted molar refractivity (Wildman–Crippen MR) is 79.9 cm³/mol. The maximum atomic E-state index is 11.9. The molecule has 1 N–H and O–H groups in total. The molecule has 0 aliphatic heterocycles. The molecule has 1 rings (SSSR count). The molecule has 0 aliphatic carbocycles. The number of carbonyl (C=O) groups excluding carboxylic acids is 2. The van der Waals surface area contributed by atoms with Crippen LogP contribution in [0.25, 0.3) is 0 Å². The van der Waals surface area contributed by atoms with Gasteiger partial charge < -0.3 is 10.2 Å². The Hall–Kier alpha value is -1.36. The quantitative estimate of drug-likeness (QED) is 0.928. The van der Waals surface area contributed by atoms with E-state index in [2.05, 4.69) is 21.2 Å². The first-order chi connectivity index (χ1) is 8.70. The molecule has 0 spiro atoms. The molecular weight excluding hydrogens is 308 g/mol. The van der Waals surface area contributed by atoms with Crippen LogP contribution in [0.5, 0.6) is 0 Å². The van der Waals surface area contributed by atoms with Crippen molar-refractivity contribution in [3.05, 3.63) is 28.7 Å². The van der Waals surface area contributed by atoms with Gasteiger partial charge in [-0.2, -0.15) is 0 Å². The summed E-state index contributed by atoms with van der Waals surface area (Å²) in [6, 6.07) is 7.30. The van der Waals surface area contributed by atoms with Crippen molar-refractivity contribution >= 4 is 33.4 Å². The van der Waals surface area contributed by atoms with Gasteiger partial charge in [0, 0.05) is 22.6 Å². The number of halogens is 1. The maximum Gasteiger partial charge on any atom is 0.244 e. The van der Waals surface area contributed by atoms with Crippen LogP contribution < -0.4 is 5.32 Å². The molecule has 19 heavy (non-hydrogen) atoms. The van der Waals surface area contributed by atoms with Gasteiger partial charge in [0.1, 0.15) is 6.54 Å². The fraction of sp³-hybridized carbons (Fsp3) is 0.429. The number of nitrogens with one attached hydrogen (secondary N) is 1. The molecule has 0 unspecified atom stereocenters. The van der Waals surface area contributed by atoms with Gasteiger partial charge in [-0.05, 0) is 45.0 Å². The third-order valence-corrected chi connectivity index (χ3v) is 3.15. The van der Waals surface area contributed by atoms with Crippen LogP contribution in [0, 0.1) is 0 Å². The van der Waals surface area contributed by atoms with Crippen molar-refractivity contribution < 1.29 is 9.59 Å². The number of carbonyl (C=O) groups is 2. The van der Waals surface area contributed by atoms with Gasteiger partial charge in [0.15, 0.2) is 0 Å². The largest absolute Gasteiger partial charge is 0.329 e. The number of anilines is 1. The predicted octanol–water partition coefficient (Wildman–Crippen LogP) is 3.03. The van der Waals surface area contributed by atoms with Gasteiger partial charge >= 0.3 is 0 Å². The van der Waals surface area contributed by atoms with Gasteiger partial charge in [-0.25, -0.2) is 0 Å². The van der Waals surface area contributed by atoms with Crippen molar-refractivity contribution in [2.75, 3.05) is 11.9 Å². The lowest BCUT2D eigenvalue weighted by Gasteiger charge is -2.34. The minimum Gasteiger partial charge on any atom is -0.329 e. The van der Waals surface area contributed by atoms with E-state index in [1.54, 1.807) is 17.0 Å². The van der Waals surface area contributed by atoms with E-state index in [9.17, 15) is 9.59 Å². The topological polar surface area (TPSA) is 49.4 Å². The second kappa shape index (κ2) is 6.19. The molecule has 0 aliphatic rings. The van der Waals surface area contributed by atoms with E-state index in [1.807, 2.05) is 32.9 Å². The van der Waals surface area contributed by atoms with Crippen molar-refractivity contribution in [1.82, 2.24) is 4.90 Å². The fourth-order valence-corrected chi connectivity index (χ4v) is 1.96. The second-order valence-electron chi connectivity index (χ2n) is 5.33. The van der Waals surface area contributed by atoms with E-state index in [1.165, 1.54) is 6.92 Å². The van der Waals surface area contributed by atoms with Crippen molar-refractivity contribution in [2.45, 2.75) is 33.2 Å². The van der Waals surface area contributed by atoms with E-state index < -0.39 is 0 Å². The SMILES string of the molecule is CC(=O)N(CC(=O)Nc1ccc(Br)cc1)C(C)(C)C. The van der Waals surface area contributed by atoms with E-state index in [0.717, 1.165) is 4.47 Å². The first-order valence-corrected chi connectivity index (χ1v) is 6.83. The average molecular weight is 327 g/mol. The van der Waals surface area contributed by atoms with Crippen LogP contribution in [0.3, 0.4) is 0 Å². The normalized spacial score (nSPS) is 11.0. The molecule has 1 aromatic rings. The summed E-state index contributed by atoms with van der Waals surface area (Å²) < 4.78 is 0.950. The molecular formula is C14H19BrN2O2. The molecule has 0 heterocycles. The third-order valence-electron chi connectivity index (χ3n) is 2.62. The molecule has 0 aromatic heterocycles. The van der Waals surface area contributed by atoms with Crippen LogP contribution in [0.2, 0.25) is 0 Å². The van der Waals surface area contributed by atoms with Crippen molar-refractivity contribution in [1.29, 1.82) is 0 Å². The average Bonchev–Trinajstić information content (AvgIpc) is 2.27. The molecule has 0 saturated carbocycles. The lowest BCUT2D eigenvalue weighted by molar-refractivity contribution is -0.137. The number of nitrogens with zero attached hydrogens (tertiary/aromatic N) is 1. The Kier molecular flexibility index (Phi) is 5.11. The molecule has 4 nitrogen and oxygen atoms in total. The third kappa shape index (κ3) is 5.03. The highest BCUT2D eigenvalue weighted by atomic mass is 79.9. The van der Waals surface area contributed by atoms with Crippen molar-refractivity contribution in [2.24, 2.45) is 0 Å². The molecule has 0 atom stereocenters. The molecule has 0 bridgehead atoms.